The van der Waals surface area contributed by atoms with E-state index in [2.05, 4.69) is 20.5 Å². The molecular formula is C8H14N4OS. The van der Waals surface area contributed by atoms with Gasteiger partial charge < -0.3 is 0 Å². The lowest BCUT2D eigenvalue weighted by Crippen LogP contribution is -2.28. The number of amides is 1. The van der Waals surface area contributed by atoms with Crippen molar-refractivity contribution in [1.29, 1.82) is 0 Å². The molecule has 0 atom stereocenters. The van der Waals surface area contributed by atoms with Gasteiger partial charge in [-0.05, 0) is 6.26 Å². The molecule has 1 aromatic heterocycles. The Labute approximate surface area is 87.1 Å². The normalized spacial score (nSPS) is 11.4. The number of carbonyl (C=O) groups excluding carboxylic acids is 1. The molecule has 0 saturated heterocycles. The quantitative estimate of drug-likeness (QED) is 0.732. The number of thioether (sulfide) groups is 1. The van der Waals surface area contributed by atoms with Crippen molar-refractivity contribution < 1.29 is 4.79 Å². The zero-order valence-corrected chi connectivity index (χ0v) is 9.53. The topological polar surface area (TPSA) is 70.7 Å². The Bertz CT molecular complexity index is 328. The summed E-state index contributed by atoms with van der Waals surface area (Å²) in [6.07, 6.45) is 1.87. The van der Waals surface area contributed by atoms with Gasteiger partial charge in [-0.2, -0.15) is 4.98 Å². The Morgan fingerprint density at radius 3 is 2.57 bits per heavy atom. The number of hydrogen-bond acceptors (Lipinski definition) is 4. The van der Waals surface area contributed by atoms with Crippen LogP contribution in [-0.2, 0) is 4.79 Å². The first-order valence-electron chi connectivity index (χ1n) is 4.21. The molecule has 2 N–H and O–H groups in total. The van der Waals surface area contributed by atoms with Crippen LogP contribution in [0.5, 0.6) is 0 Å². The van der Waals surface area contributed by atoms with Gasteiger partial charge in [-0.3, -0.25) is 10.1 Å². The summed E-state index contributed by atoms with van der Waals surface area (Å²) >= 11 is 1.42. The smallest absolute Gasteiger partial charge is 0.232 e. The van der Waals surface area contributed by atoms with E-state index in [0.29, 0.717) is 11.1 Å². The van der Waals surface area contributed by atoms with Gasteiger partial charge in [-0.25, -0.2) is 5.10 Å². The third-order valence-electron chi connectivity index (χ3n) is 1.56. The van der Waals surface area contributed by atoms with Crippen LogP contribution in [0.25, 0.3) is 0 Å². The second-order valence-corrected chi connectivity index (χ2v) is 4.65. The van der Waals surface area contributed by atoms with Gasteiger partial charge in [-0.15, -0.1) is 5.10 Å². The van der Waals surface area contributed by atoms with Gasteiger partial charge in [0.25, 0.3) is 0 Å². The molecule has 0 radical (unpaired) electrons. The van der Waals surface area contributed by atoms with Crippen molar-refractivity contribution in [3.05, 3.63) is 0 Å². The molecule has 1 heterocycles. The third-order valence-corrected chi connectivity index (χ3v) is 2.11. The Hall–Kier alpha value is -1.04. The average Bonchev–Trinajstić information content (AvgIpc) is 2.50. The van der Waals surface area contributed by atoms with Gasteiger partial charge in [0.15, 0.2) is 0 Å². The predicted octanol–water partition coefficient (Wildman–Crippen LogP) is 1.51. The molecule has 6 heteroatoms. The summed E-state index contributed by atoms with van der Waals surface area (Å²) in [6, 6.07) is 0. The highest BCUT2D eigenvalue weighted by molar-refractivity contribution is 7.98. The van der Waals surface area contributed by atoms with Gasteiger partial charge in [0.1, 0.15) is 0 Å². The summed E-state index contributed by atoms with van der Waals surface area (Å²) in [5, 5.41) is 9.80. The molecule has 1 amide bonds. The number of H-pyrrole nitrogens is 1. The number of hydrogen-bond donors (Lipinski definition) is 2. The predicted molar refractivity (Wildman–Crippen MR) is 56.2 cm³/mol. The van der Waals surface area contributed by atoms with Crippen molar-refractivity contribution in [3.63, 3.8) is 0 Å². The highest BCUT2D eigenvalue weighted by atomic mass is 32.2. The summed E-state index contributed by atoms with van der Waals surface area (Å²) in [5.74, 6) is 0.315. The van der Waals surface area contributed by atoms with E-state index in [-0.39, 0.29) is 5.91 Å². The number of nitrogens with zero attached hydrogens (tertiary/aromatic N) is 2. The summed E-state index contributed by atoms with van der Waals surface area (Å²) in [6.45, 7) is 5.52. The fourth-order valence-corrected chi connectivity index (χ4v) is 1.01. The largest absolute Gasteiger partial charge is 0.294 e. The Balaban J connectivity index is 2.65. The molecule has 0 aliphatic rings. The van der Waals surface area contributed by atoms with Crippen LogP contribution in [0.3, 0.4) is 0 Å². The lowest BCUT2D eigenvalue weighted by atomic mass is 9.96. The van der Waals surface area contributed by atoms with Crippen molar-refractivity contribution in [2.75, 3.05) is 11.6 Å². The van der Waals surface area contributed by atoms with Crippen molar-refractivity contribution in [2.24, 2.45) is 5.41 Å². The van der Waals surface area contributed by atoms with Gasteiger partial charge in [0.05, 0.1) is 0 Å². The van der Waals surface area contributed by atoms with E-state index < -0.39 is 5.41 Å². The zero-order chi connectivity index (χ0) is 10.8. The van der Waals surface area contributed by atoms with E-state index in [1.54, 1.807) is 0 Å². The van der Waals surface area contributed by atoms with E-state index >= 15 is 0 Å². The fourth-order valence-electron chi connectivity index (χ4n) is 0.689. The molecule has 78 valence electrons. The second kappa shape index (κ2) is 4.00. The molecule has 0 saturated carbocycles. The maximum absolute atomic E-state index is 11.5. The van der Waals surface area contributed by atoms with Crippen LogP contribution >= 0.6 is 11.8 Å². The molecular weight excluding hydrogens is 200 g/mol. The van der Waals surface area contributed by atoms with Gasteiger partial charge >= 0.3 is 0 Å². The standard InChI is InChI=1S/C8H14N4OS/c1-8(2,3)5(13)9-6-10-7(14-4)12-11-6/h1-4H3,(H2,9,10,11,12,13). The minimum absolute atomic E-state index is 0.0821. The first-order valence-corrected chi connectivity index (χ1v) is 5.44. The van der Waals surface area contributed by atoms with Gasteiger partial charge in [0.2, 0.25) is 17.0 Å². The van der Waals surface area contributed by atoms with Crippen molar-refractivity contribution in [1.82, 2.24) is 15.2 Å². The molecule has 0 spiro atoms. The first kappa shape index (κ1) is 11.0. The number of anilines is 1. The van der Waals surface area contributed by atoms with Crippen molar-refractivity contribution >= 4 is 23.6 Å². The molecule has 0 bridgehead atoms. The molecule has 14 heavy (non-hydrogen) atoms. The lowest BCUT2D eigenvalue weighted by Gasteiger charge is -2.15. The lowest BCUT2D eigenvalue weighted by molar-refractivity contribution is -0.123. The minimum atomic E-state index is -0.424. The van der Waals surface area contributed by atoms with Crippen LogP contribution in [-0.4, -0.2) is 27.3 Å². The molecule has 0 unspecified atom stereocenters. The number of aromatic nitrogens is 3. The number of rotatable bonds is 2. The Kier molecular flexibility index (Phi) is 3.15. The third kappa shape index (κ3) is 2.73. The van der Waals surface area contributed by atoms with E-state index in [1.807, 2.05) is 27.0 Å². The Morgan fingerprint density at radius 1 is 1.50 bits per heavy atom. The SMILES string of the molecule is CSc1n[nH]c(NC(=O)C(C)(C)C)n1. The number of carbonyl (C=O) groups is 1. The first-order chi connectivity index (χ1) is 6.43. The minimum Gasteiger partial charge on any atom is -0.294 e. The van der Waals surface area contributed by atoms with Crippen LogP contribution in [0.4, 0.5) is 5.95 Å². The van der Waals surface area contributed by atoms with Gasteiger partial charge in [-0.1, -0.05) is 32.5 Å². The molecule has 0 fully saturated rings. The molecule has 1 rings (SSSR count). The van der Waals surface area contributed by atoms with Crippen molar-refractivity contribution in [2.45, 2.75) is 25.9 Å². The summed E-state index contributed by atoms with van der Waals surface area (Å²) in [4.78, 5) is 15.6. The molecule has 1 aromatic rings. The van der Waals surface area contributed by atoms with Crippen LogP contribution in [0.15, 0.2) is 5.16 Å². The highest BCUT2D eigenvalue weighted by Crippen LogP contribution is 2.16. The monoisotopic (exact) mass is 214 g/mol. The van der Waals surface area contributed by atoms with Crippen LogP contribution in [0.1, 0.15) is 20.8 Å². The van der Waals surface area contributed by atoms with E-state index in [9.17, 15) is 4.79 Å². The maximum atomic E-state index is 11.5. The second-order valence-electron chi connectivity index (χ2n) is 3.87. The van der Waals surface area contributed by atoms with Crippen LogP contribution < -0.4 is 5.32 Å². The summed E-state index contributed by atoms with van der Waals surface area (Å²) in [5.41, 5.74) is -0.424. The zero-order valence-electron chi connectivity index (χ0n) is 8.71. The number of nitrogens with one attached hydrogen (secondary N) is 2. The average molecular weight is 214 g/mol. The Morgan fingerprint density at radius 2 is 2.14 bits per heavy atom. The fraction of sp³-hybridized carbons (Fsp3) is 0.625. The molecule has 0 aliphatic heterocycles. The molecule has 0 aliphatic carbocycles. The molecule has 5 nitrogen and oxygen atoms in total. The van der Waals surface area contributed by atoms with E-state index in [1.165, 1.54) is 11.8 Å². The summed E-state index contributed by atoms with van der Waals surface area (Å²) in [7, 11) is 0. The van der Waals surface area contributed by atoms with Crippen LogP contribution in [0.2, 0.25) is 0 Å². The van der Waals surface area contributed by atoms with E-state index in [4.69, 9.17) is 0 Å². The molecule has 0 aromatic carbocycles. The van der Waals surface area contributed by atoms with E-state index in [0.717, 1.165) is 0 Å². The maximum Gasteiger partial charge on any atom is 0.232 e. The van der Waals surface area contributed by atoms with Crippen molar-refractivity contribution in [3.8, 4) is 0 Å². The number of aromatic amines is 1. The highest BCUT2D eigenvalue weighted by Gasteiger charge is 2.22. The van der Waals surface area contributed by atoms with Gasteiger partial charge in [0, 0.05) is 5.41 Å². The van der Waals surface area contributed by atoms with Crippen LogP contribution in [0, 0.1) is 5.41 Å². The summed E-state index contributed by atoms with van der Waals surface area (Å²) < 4.78 is 0.